The van der Waals surface area contributed by atoms with E-state index in [4.69, 9.17) is 10.5 Å². The molecule has 0 aromatic heterocycles. The molecule has 1 atom stereocenters. The van der Waals surface area contributed by atoms with Gasteiger partial charge in [0.2, 0.25) is 0 Å². The molecule has 3 heteroatoms. The van der Waals surface area contributed by atoms with Gasteiger partial charge in [-0.1, -0.05) is 25.1 Å². The summed E-state index contributed by atoms with van der Waals surface area (Å²) in [5.41, 5.74) is 8.96. The van der Waals surface area contributed by atoms with E-state index in [1.165, 1.54) is 12.1 Å². The molecule has 0 aliphatic rings. The molecule has 2 nitrogen and oxygen atoms in total. The summed E-state index contributed by atoms with van der Waals surface area (Å²) in [5, 5.41) is 0. The van der Waals surface area contributed by atoms with Crippen LogP contribution in [0.4, 0.5) is 4.39 Å². The molecule has 106 valence electrons. The van der Waals surface area contributed by atoms with E-state index in [-0.39, 0.29) is 11.9 Å². The minimum absolute atomic E-state index is 0.0726. The van der Waals surface area contributed by atoms with Crippen LogP contribution in [0.1, 0.15) is 36.1 Å². The van der Waals surface area contributed by atoms with E-state index in [0.29, 0.717) is 6.61 Å². The number of nitrogens with two attached hydrogens (primary N) is 1. The van der Waals surface area contributed by atoms with Crippen molar-refractivity contribution in [3.63, 3.8) is 0 Å². The van der Waals surface area contributed by atoms with Gasteiger partial charge in [0.25, 0.3) is 0 Å². The van der Waals surface area contributed by atoms with Crippen molar-refractivity contribution in [3.05, 3.63) is 65.0 Å². The number of benzene rings is 2. The summed E-state index contributed by atoms with van der Waals surface area (Å²) in [5.74, 6) is 0.574. The molecule has 0 radical (unpaired) electrons. The molecule has 1 unspecified atom stereocenters. The normalized spacial score (nSPS) is 12.2. The molecule has 0 heterocycles. The molecule has 0 aliphatic heterocycles. The lowest BCUT2D eigenvalue weighted by Crippen LogP contribution is -2.08. The minimum atomic E-state index is -0.218. The van der Waals surface area contributed by atoms with Crippen LogP contribution in [0, 0.1) is 12.7 Å². The molecule has 0 aliphatic carbocycles. The summed E-state index contributed by atoms with van der Waals surface area (Å²) in [7, 11) is 0. The Balaban J connectivity index is 2.00. The summed E-state index contributed by atoms with van der Waals surface area (Å²) >= 11 is 0. The van der Waals surface area contributed by atoms with Gasteiger partial charge in [0.1, 0.15) is 18.2 Å². The van der Waals surface area contributed by atoms with Gasteiger partial charge in [0.05, 0.1) is 0 Å². The van der Waals surface area contributed by atoms with Crippen molar-refractivity contribution in [1.29, 1.82) is 0 Å². The second-order valence-electron chi connectivity index (χ2n) is 4.94. The number of hydrogen-bond donors (Lipinski definition) is 1. The highest BCUT2D eigenvalue weighted by atomic mass is 19.1. The number of rotatable bonds is 5. The molecule has 0 saturated carbocycles. The number of ether oxygens (including phenoxy) is 1. The summed E-state index contributed by atoms with van der Waals surface area (Å²) in [6, 6.07) is 12.6. The molecule has 0 saturated heterocycles. The van der Waals surface area contributed by atoms with E-state index in [9.17, 15) is 4.39 Å². The third-order valence-electron chi connectivity index (χ3n) is 3.45. The van der Waals surface area contributed by atoms with Gasteiger partial charge >= 0.3 is 0 Å². The van der Waals surface area contributed by atoms with Crippen molar-refractivity contribution in [3.8, 4) is 5.75 Å². The van der Waals surface area contributed by atoms with Gasteiger partial charge in [-0.2, -0.15) is 0 Å². The van der Waals surface area contributed by atoms with Gasteiger partial charge in [-0.15, -0.1) is 0 Å². The van der Waals surface area contributed by atoms with Crippen LogP contribution in [0.25, 0.3) is 0 Å². The maximum absolute atomic E-state index is 13.0. The first-order valence-corrected chi connectivity index (χ1v) is 6.83. The SMILES string of the molecule is CCC(N)c1ccc(OCc2ccc(F)cc2C)cc1. The Morgan fingerprint density at radius 3 is 2.45 bits per heavy atom. The molecule has 0 fully saturated rings. The topological polar surface area (TPSA) is 35.2 Å². The molecule has 0 amide bonds. The van der Waals surface area contributed by atoms with Crippen LogP contribution in [0.2, 0.25) is 0 Å². The summed E-state index contributed by atoms with van der Waals surface area (Å²) in [6.07, 6.45) is 0.912. The first kappa shape index (κ1) is 14.5. The monoisotopic (exact) mass is 273 g/mol. The van der Waals surface area contributed by atoms with Gasteiger partial charge < -0.3 is 10.5 Å². The van der Waals surface area contributed by atoms with E-state index in [1.54, 1.807) is 6.07 Å². The van der Waals surface area contributed by atoms with Crippen molar-refractivity contribution >= 4 is 0 Å². The zero-order chi connectivity index (χ0) is 14.5. The molecule has 2 aromatic carbocycles. The number of halogens is 1. The molecule has 0 spiro atoms. The van der Waals surface area contributed by atoms with E-state index < -0.39 is 0 Å². The first-order chi connectivity index (χ1) is 9.60. The highest BCUT2D eigenvalue weighted by Gasteiger charge is 2.04. The van der Waals surface area contributed by atoms with E-state index >= 15 is 0 Å². The highest BCUT2D eigenvalue weighted by Crippen LogP contribution is 2.20. The fourth-order valence-corrected chi connectivity index (χ4v) is 2.03. The van der Waals surface area contributed by atoms with Crippen LogP contribution >= 0.6 is 0 Å². The molecular weight excluding hydrogens is 253 g/mol. The smallest absolute Gasteiger partial charge is 0.123 e. The Morgan fingerprint density at radius 1 is 1.15 bits per heavy atom. The molecule has 2 aromatic rings. The average molecular weight is 273 g/mol. The Bertz CT molecular complexity index is 566. The summed E-state index contributed by atoms with van der Waals surface area (Å²) < 4.78 is 18.7. The van der Waals surface area contributed by atoms with Gasteiger partial charge in [0.15, 0.2) is 0 Å². The maximum atomic E-state index is 13.0. The summed E-state index contributed by atoms with van der Waals surface area (Å²) in [4.78, 5) is 0. The van der Waals surface area contributed by atoms with Crippen LogP contribution in [0.5, 0.6) is 5.75 Å². The van der Waals surface area contributed by atoms with Gasteiger partial charge in [-0.25, -0.2) is 4.39 Å². The van der Waals surface area contributed by atoms with Crippen LogP contribution in [-0.2, 0) is 6.61 Å². The fourth-order valence-electron chi connectivity index (χ4n) is 2.03. The second-order valence-corrected chi connectivity index (χ2v) is 4.94. The van der Waals surface area contributed by atoms with Crippen molar-refractivity contribution in [2.24, 2.45) is 5.73 Å². The zero-order valence-corrected chi connectivity index (χ0v) is 11.9. The Kier molecular flexibility index (Phi) is 4.74. The molecule has 0 bridgehead atoms. The predicted molar refractivity (Wildman–Crippen MR) is 79.1 cm³/mol. The van der Waals surface area contributed by atoms with Gasteiger partial charge in [-0.05, 0) is 54.3 Å². The second kappa shape index (κ2) is 6.53. The molecule has 2 rings (SSSR count). The Morgan fingerprint density at radius 2 is 1.85 bits per heavy atom. The van der Waals surface area contributed by atoms with Crippen LogP contribution in [0.15, 0.2) is 42.5 Å². The average Bonchev–Trinajstić information content (AvgIpc) is 2.46. The van der Waals surface area contributed by atoms with E-state index in [0.717, 1.165) is 28.9 Å². The van der Waals surface area contributed by atoms with E-state index in [1.807, 2.05) is 31.2 Å². The van der Waals surface area contributed by atoms with Crippen molar-refractivity contribution in [2.45, 2.75) is 32.9 Å². The van der Waals surface area contributed by atoms with Crippen LogP contribution in [-0.4, -0.2) is 0 Å². The number of aryl methyl sites for hydroxylation is 1. The zero-order valence-electron chi connectivity index (χ0n) is 11.9. The quantitative estimate of drug-likeness (QED) is 0.889. The maximum Gasteiger partial charge on any atom is 0.123 e. The standard InChI is InChI=1S/C17H20FNO/c1-3-17(19)13-5-8-16(9-6-13)20-11-14-4-7-15(18)10-12(14)2/h4-10,17H,3,11,19H2,1-2H3. The lowest BCUT2D eigenvalue weighted by molar-refractivity contribution is 0.305. The lowest BCUT2D eigenvalue weighted by atomic mass is 10.1. The largest absolute Gasteiger partial charge is 0.489 e. The lowest BCUT2D eigenvalue weighted by Gasteiger charge is -2.12. The molecule has 2 N–H and O–H groups in total. The molecular formula is C17H20FNO. The highest BCUT2D eigenvalue weighted by molar-refractivity contribution is 5.30. The van der Waals surface area contributed by atoms with E-state index in [2.05, 4.69) is 6.92 Å². The van der Waals surface area contributed by atoms with Gasteiger partial charge in [-0.3, -0.25) is 0 Å². The van der Waals surface area contributed by atoms with Crippen LogP contribution < -0.4 is 10.5 Å². The van der Waals surface area contributed by atoms with Crippen molar-refractivity contribution in [2.75, 3.05) is 0 Å². The predicted octanol–water partition coefficient (Wildman–Crippen LogP) is 4.12. The minimum Gasteiger partial charge on any atom is -0.489 e. The summed E-state index contributed by atoms with van der Waals surface area (Å²) in [6.45, 7) is 4.38. The molecule has 20 heavy (non-hydrogen) atoms. The third-order valence-corrected chi connectivity index (χ3v) is 3.45. The Labute approximate surface area is 119 Å². The van der Waals surface area contributed by atoms with Gasteiger partial charge in [0, 0.05) is 6.04 Å². The third kappa shape index (κ3) is 3.58. The Hall–Kier alpha value is -1.87. The first-order valence-electron chi connectivity index (χ1n) is 6.83. The van der Waals surface area contributed by atoms with Crippen molar-refractivity contribution < 1.29 is 9.13 Å². The fraction of sp³-hybridized carbons (Fsp3) is 0.294. The number of hydrogen-bond acceptors (Lipinski definition) is 2. The van der Waals surface area contributed by atoms with Crippen molar-refractivity contribution in [1.82, 2.24) is 0 Å². The van der Waals surface area contributed by atoms with Crippen LogP contribution in [0.3, 0.4) is 0 Å².